The van der Waals surface area contributed by atoms with Crippen molar-refractivity contribution in [2.24, 2.45) is 64.6 Å². The molecule has 2 N–H and O–H groups in total. The number of Topliss-reactive ketones (excluding diaryl/α,β-unsaturated/α-hetero) is 1. The molecule has 2 unspecified atom stereocenters. The fraction of sp³-hybridized carbons (Fsp3) is 0.833. The highest BCUT2D eigenvalue weighted by atomic mass is 19.4. The molecule has 9 fully saturated rings. The molecule has 9 nitrogen and oxygen atoms in total. The van der Waals surface area contributed by atoms with E-state index < -0.39 is 64.6 Å². The van der Waals surface area contributed by atoms with Gasteiger partial charge in [0, 0.05) is 43.2 Å². The van der Waals surface area contributed by atoms with Crippen LogP contribution in [0.25, 0.3) is 0 Å². The lowest BCUT2D eigenvalue weighted by Crippen LogP contribution is -2.63. The second kappa shape index (κ2) is 12.9. The Labute approximate surface area is 316 Å². The number of likely N-dealkylation sites (tertiary alicyclic amines) is 2. The Morgan fingerprint density at radius 2 is 1.28 bits per heavy atom. The normalized spacial score (nSPS) is 47.6. The number of ketones is 1. The van der Waals surface area contributed by atoms with Crippen LogP contribution in [0.15, 0.2) is 24.3 Å². The summed E-state index contributed by atoms with van der Waals surface area (Å²) in [5.74, 6) is -4.71. The van der Waals surface area contributed by atoms with E-state index in [1.165, 1.54) is 0 Å². The number of ether oxygens (including phenoxy) is 2. The number of halogens is 3. The summed E-state index contributed by atoms with van der Waals surface area (Å²) in [5.41, 5.74) is -3.21. The summed E-state index contributed by atoms with van der Waals surface area (Å²) in [4.78, 5) is 46.6. The first-order valence-electron chi connectivity index (χ1n) is 20.8. The first kappa shape index (κ1) is 37.3. The van der Waals surface area contributed by atoms with Gasteiger partial charge in [0.2, 0.25) is 0 Å². The number of fused-ring (bicyclic) bond motifs is 10. The summed E-state index contributed by atoms with van der Waals surface area (Å²) in [6, 6.07) is 0. The summed E-state index contributed by atoms with van der Waals surface area (Å²) in [6.45, 7) is 14.4. The molecule has 0 aromatic rings. The molecule has 4 aliphatic heterocycles. The van der Waals surface area contributed by atoms with Gasteiger partial charge in [-0.2, -0.15) is 13.2 Å². The zero-order valence-electron chi connectivity index (χ0n) is 31.5. The molecule has 0 radical (unpaired) electrons. The van der Waals surface area contributed by atoms with Crippen LogP contribution in [0.2, 0.25) is 0 Å². The SMILES string of the molecule is C=C1CC[C@H]2C(CN3CCC(C)CC3)C(=O)O[C@@H]2[C@@H]2[C@H]1C[C@@]1(O)[C@]2(O)CC[C@]12C(=O)C[C@H]1C(=C)CC[C@H]3C(CN4CCC(C(F)(F)F)CC4)C(=O)O[C@@H]3[C@H]12. The molecule has 54 heavy (non-hydrogen) atoms. The zero-order valence-corrected chi connectivity index (χ0v) is 31.5. The summed E-state index contributed by atoms with van der Waals surface area (Å²) < 4.78 is 52.9. The molecule has 5 saturated carbocycles. The Morgan fingerprint density at radius 3 is 1.83 bits per heavy atom. The number of alkyl halides is 3. The van der Waals surface area contributed by atoms with Gasteiger partial charge in [0.15, 0.2) is 0 Å². The monoisotopic (exact) mass is 758 g/mol. The summed E-state index contributed by atoms with van der Waals surface area (Å²) in [7, 11) is 0. The van der Waals surface area contributed by atoms with Crippen molar-refractivity contribution >= 4 is 17.7 Å². The van der Waals surface area contributed by atoms with Crippen LogP contribution in [0.3, 0.4) is 0 Å². The van der Waals surface area contributed by atoms with E-state index in [2.05, 4.69) is 25.0 Å². The minimum atomic E-state index is -4.23. The van der Waals surface area contributed by atoms with Gasteiger partial charge < -0.3 is 29.5 Å². The highest BCUT2D eigenvalue weighted by Gasteiger charge is 2.83. The number of aliphatic hydroxyl groups is 2. The Hall–Kier alpha value is -2.28. The van der Waals surface area contributed by atoms with Crippen molar-refractivity contribution in [1.29, 1.82) is 0 Å². The smallest absolute Gasteiger partial charge is 0.391 e. The van der Waals surface area contributed by atoms with Gasteiger partial charge in [-0.05, 0) is 115 Å². The van der Waals surface area contributed by atoms with Crippen molar-refractivity contribution in [3.8, 4) is 0 Å². The molecule has 4 saturated heterocycles. The predicted octanol–water partition coefficient (Wildman–Crippen LogP) is 5.09. The minimum Gasteiger partial charge on any atom is -0.461 e. The lowest BCUT2D eigenvalue weighted by atomic mass is 9.59. The van der Waals surface area contributed by atoms with Gasteiger partial charge in [-0.15, -0.1) is 0 Å². The molecule has 0 aromatic carbocycles. The molecule has 5 aliphatic carbocycles. The largest absolute Gasteiger partial charge is 0.461 e. The van der Waals surface area contributed by atoms with Crippen LogP contribution in [-0.2, 0) is 23.9 Å². The van der Waals surface area contributed by atoms with Crippen LogP contribution in [0.5, 0.6) is 0 Å². The molecule has 9 rings (SSSR count). The van der Waals surface area contributed by atoms with Crippen LogP contribution in [0.1, 0.15) is 84.0 Å². The Bertz CT molecular complexity index is 1600. The van der Waals surface area contributed by atoms with E-state index in [4.69, 9.17) is 9.47 Å². The first-order chi connectivity index (χ1) is 25.6. The quantitative estimate of drug-likeness (QED) is 0.299. The predicted molar refractivity (Wildman–Crippen MR) is 190 cm³/mol. The zero-order chi connectivity index (χ0) is 38.1. The van der Waals surface area contributed by atoms with Crippen molar-refractivity contribution in [1.82, 2.24) is 9.80 Å². The summed E-state index contributed by atoms with van der Waals surface area (Å²) in [5, 5.41) is 26.5. The lowest BCUT2D eigenvalue weighted by Gasteiger charge is -2.48. The van der Waals surface area contributed by atoms with E-state index in [1.54, 1.807) is 0 Å². The maximum atomic E-state index is 14.8. The van der Waals surface area contributed by atoms with Gasteiger partial charge in [-0.1, -0.05) is 31.2 Å². The maximum Gasteiger partial charge on any atom is 0.391 e. The average Bonchev–Trinajstić information content (AvgIpc) is 3.79. The van der Waals surface area contributed by atoms with Gasteiger partial charge in [-0.25, -0.2) is 0 Å². The van der Waals surface area contributed by atoms with Crippen LogP contribution < -0.4 is 0 Å². The Morgan fingerprint density at radius 1 is 0.759 bits per heavy atom. The number of hydrogen-bond donors (Lipinski definition) is 2. The third-order valence-corrected chi connectivity index (χ3v) is 16.9. The second-order valence-electron chi connectivity index (χ2n) is 19.2. The summed E-state index contributed by atoms with van der Waals surface area (Å²) in [6.07, 6.45) is -0.192. The van der Waals surface area contributed by atoms with E-state index in [0.717, 1.165) is 43.5 Å². The number of hydrogen-bond acceptors (Lipinski definition) is 9. The summed E-state index contributed by atoms with van der Waals surface area (Å²) >= 11 is 0. The molecule has 298 valence electrons. The molecule has 0 aromatic heterocycles. The highest BCUT2D eigenvalue weighted by Crippen LogP contribution is 2.74. The molecule has 12 heteroatoms. The number of nitrogens with zero attached hydrogens (tertiary/aromatic N) is 2. The molecular formula is C42H57F3N2O7. The Balaban J connectivity index is 1.02. The van der Waals surface area contributed by atoms with E-state index in [0.29, 0.717) is 38.3 Å². The van der Waals surface area contributed by atoms with Gasteiger partial charge >= 0.3 is 18.1 Å². The topological polar surface area (TPSA) is 117 Å². The van der Waals surface area contributed by atoms with Crippen molar-refractivity contribution in [3.05, 3.63) is 24.3 Å². The minimum absolute atomic E-state index is 0.00678. The third kappa shape index (κ3) is 5.26. The number of esters is 2. The Kier molecular flexibility index (Phi) is 8.89. The average molecular weight is 759 g/mol. The van der Waals surface area contributed by atoms with Gasteiger partial charge in [0.05, 0.1) is 23.2 Å². The van der Waals surface area contributed by atoms with Crippen LogP contribution in [0.4, 0.5) is 13.2 Å². The molecular weight excluding hydrogens is 701 g/mol. The number of allylic oxidation sites excluding steroid dienone is 2. The molecule has 0 bridgehead atoms. The molecule has 0 amide bonds. The fourth-order valence-corrected chi connectivity index (χ4v) is 14.0. The molecule has 1 spiro atoms. The lowest BCUT2D eigenvalue weighted by molar-refractivity contribution is -0.205. The van der Waals surface area contributed by atoms with Crippen LogP contribution >= 0.6 is 0 Å². The molecule has 9 aliphatic rings. The van der Waals surface area contributed by atoms with E-state index in [1.807, 2.05) is 4.90 Å². The van der Waals surface area contributed by atoms with E-state index >= 15 is 0 Å². The highest BCUT2D eigenvalue weighted by molar-refractivity contribution is 5.91. The van der Waals surface area contributed by atoms with Crippen molar-refractivity contribution in [2.45, 2.75) is 114 Å². The number of carbonyl (C=O) groups excluding carboxylic acids is 3. The van der Waals surface area contributed by atoms with Gasteiger partial charge in [0.1, 0.15) is 29.2 Å². The maximum absolute atomic E-state index is 14.8. The first-order valence-corrected chi connectivity index (χ1v) is 20.8. The van der Waals surface area contributed by atoms with Crippen LogP contribution in [0, 0.1) is 64.6 Å². The fourth-order valence-electron chi connectivity index (χ4n) is 14.0. The van der Waals surface area contributed by atoms with Crippen molar-refractivity contribution in [3.63, 3.8) is 0 Å². The van der Waals surface area contributed by atoms with Crippen molar-refractivity contribution < 1.29 is 47.2 Å². The van der Waals surface area contributed by atoms with Gasteiger partial charge in [0.25, 0.3) is 0 Å². The van der Waals surface area contributed by atoms with E-state index in [9.17, 15) is 37.8 Å². The number of piperidine rings is 2. The molecule has 4 heterocycles. The van der Waals surface area contributed by atoms with E-state index in [-0.39, 0.29) is 93.0 Å². The van der Waals surface area contributed by atoms with Gasteiger partial charge in [-0.3, -0.25) is 14.4 Å². The number of carbonyl (C=O) groups is 3. The standard InChI is InChI=1S/C42H57F3N2O7/c1-22-8-14-46(15-9-22)20-31-27-7-5-24(3)29-19-41(52)39(12-13-40(41,51)34(29)36(27)54-38(31)50)32(48)18-28-23(2)4-6-26-30(37(49)53-35(26)33(28)39)21-47-16-10-25(11-17-47)42(43,44)45/h22,25-31,33-36,51-52H,2-21H2,1H3/t26-,27-,28-,29-,30?,31?,33-,34-,35-,36-,39+,40-,41-/m0/s1. The molecule has 13 atom stereocenters. The second-order valence-corrected chi connectivity index (χ2v) is 19.2. The van der Waals surface area contributed by atoms with Crippen molar-refractivity contribution in [2.75, 3.05) is 39.3 Å². The third-order valence-electron chi connectivity index (χ3n) is 16.9. The number of rotatable bonds is 4. The van der Waals surface area contributed by atoms with Crippen LogP contribution in [-0.4, -0.2) is 107 Å².